The van der Waals surface area contributed by atoms with Crippen molar-refractivity contribution in [2.45, 2.75) is 9.34 Å². The van der Waals surface area contributed by atoms with Gasteiger partial charge < -0.3 is 5.11 Å². The number of halogens is 3. The molecule has 0 aliphatic carbocycles. The molecule has 0 radical (unpaired) electrons. The second kappa shape index (κ2) is 5.81. The fourth-order valence-electron chi connectivity index (χ4n) is 2.56. The Kier molecular flexibility index (Phi) is 4.12. The van der Waals surface area contributed by atoms with Gasteiger partial charge in [-0.05, 0) is 18.2 Å². The monoisotopic (exact) mass is 441 g/mol. The zero-order chi connectivity index (χ0) is 16.8. The van der Waals surface area contributed by atoms with Gasteiger partial charge in [0.1, 0.15) is 9.55 Å². The van der Waals surface area contributed by atoms with Crippen LogP contribution < -0.4 is 4.90 Å². The number of hydrogen-bond acceptors (Lipinski definition) is 3. The molecule has 2 aromatic rings. The summed E-state index contributed by atoms with van der Waals surface area (Å²) < 4.78 is 13.2. The maximum atomic E-state index is 14.1. The average molecular weight is 443 g/mol. The van der Waals surface area contributed by atoms with Crippen LogP contribution in [0.25, 0.3) is 0 Å². The van der Waals surface area contributed by atoms with E-state index >= 15 is 0 Å². The van der Waals surface area contributed by atoms with Gasteiger partial charge in [-0.25, -0.2) is 9.29 Å². The van der Waals surface area contributed by atoms with E-state index in [1.807, 2.05) is 0 Å². The van der Waals surface area contributed by atoms with Crippen LogP contribution in [0, 0.1) is 5.82 Å². The van der Waals surface area contributed by atoms with E-state index in [9.17, 15) is 19.1 Å². The van der Waals surface area contributed by atoms with Gasteiger partial charge >= 0.3 is 0 Å². The summed E-state index contributed by atoms with van der Waals surface area (Å²) in [6.07, 6.45) is 0. The van der Waals surface area contributed by atoms with E-state index in [0.717, 1.165) is 6.07 Å². The van der Waals surface area contributed by atoms with Crippen molar-refractivity contribution in [1.29, 1.82) is 0 Å². The molecule has 1 unspecified atom stereocenters. The number of nitrogens with zero attached hydrogens (tertiary/aromatic N) is 1. The van der Waals surface area contributed by atoms with Gasteiger partial charge in [0, 0.05) is 11.1 Å². The Bertz CT molecular complexity index is 811. The number of carbonyl (C=O) groups excluding carboxylic acids is 2. The van der Waals surface area contributed by atoms with Crippen LogP contribution in [0.1, 0.15) is 15.9 Å². The molecule has 23 heavy (non-hydrogen) atoms. The summed E-state index contributed by atoms with van der Waals surface area (Å²) in [7, 11) is 0. The van der Waals surface area contributed by atoms with Crippen LogP contribution in [0.15, 0.2) is 48.5 Å². The Labute approximate surface area is 148 Å². The van der Waals surface area contributed by atoms with Crippen LogP contribution in [0.4, 0.5) is 10.1 Å². The quantitative estimate of drug-likeness (QED) is 0.573. The molecule has 1 atom stereocenters. The summed E-state index contributed by atoms with van der Waals surface area (Å²) in [4.78, 5) is 26.2. The van der Waals surface area contributed by atoms with E-state index in [0.29, 0.717) is 4.90 Å². The molecule has 2 amide bonds. The van der Waals surface area contributed by atoms with Gasteiger partial charge in [0.15, 0.2) is 5.60 Å². The molecule has 0 aromatic heterocycles. The number of amides is 2. The van der Waals surface area contributed by atoms with Crippen LogP contribution in [-0.4, -0.2) is 20.7 Å². The van der Waals surface area contributed by atoms with Crippen molar-refractivity contribution < 1.29 is 19.1 Å². The van der Waals surface area contributed by atoms with Crippen molar-refractivity contribution in [1.82, 2.24) is 0 Å². The first-order valence-corrected chi connectivity index (χ1v) is 8.45. The molecule has 0 bridgehead atoms. The third-order valence-electron chi connectivity index (χ3n) is 3.71. The molecule has 118 valence electrons. The lowest BCUT2D eigenvalue weighted by molar-refractivity contribution is -0.135. The lowest BCUT2D eigenvalue weighted by Crippen LogP contribution is -2.57. The molecule has 1 aliphatic rings. The normalized spacial score (nSPS) is 20.8. The van der Waals surface area contributed by atoms with E-state index in [2.05, 4.69) is 31.9 Å². The summed E-state index contributed by atoms with van der Waals surface area (Å²) in [5.74, 6) is -2.33. The number of fused-ring (bicyclic) bond motifs is 1. The molecular formula is C16H10Br2FNO3. The largest absolute Gasteiger partial charge is 0.374 e. The van der Waals surface area contributed by atoms with E-state index in [1.165, 1.54) is 30.3 Å². The lowest BCUT2D eigenvalue weighted by Gasteiger charge is -2.39. The Morgan fingerprint density at radius 2 is 1.65 bits per heavy atom. The summed E-state index contributed by atoms with van der Waals surface area (Å²) >= 11 is 6.31. The first-order chi connectivity index (χ1) is 10.9. The number of alkyl halides is 2. The van der Waals surface area contributed by atoms with Crippen molar-refractivity contribution in [2.75, 3.05) is 4.90 Å². The second-order valence-corrected chi connectivity index (χ2v) is 8.07. The first-order valence-electron chi connectivity index (χ1n) is 6.62. The van der Waals surface area contributed by atoms with Crippen LogP contribution in [0.5, 0.6) is 0 Å². The van der Waals surface area contributed by atoms with Crippen LogP contribution in [0.2, 0.25) is 0 Å². The summed E-state index contributed by atoms with van der Waals surface area (Å²) in [5.41, 5.74) is -1.94. The predicted octanol–water partition coefficient (Wildman–Crippen LogP) is 3.32. The lowest BCUT2D eigenvalue weighted by atomic mass is 9.85. The van der Waals surface area contributed by atoms with Gasteiger partial charge in [0.05, 0.1) is 5.69 Å². The SMILES string of the molecule is O=C1c2ccccc2C(O)(C(Br)Br)C(=O)N1c1ccccc1F. The average Bonchev–Trinajstić information content (AvgIpc) is 2.54. The molecule has 4 nitrogen and oxygen atoms in total. The summed E-state index contributed by atoms with van der Waals surface area (Å²) in [6, 6.07) is 11.7. The maximum absolute atomic E-state index is 14.1. The molecule has 1 aliphatic heterocycles. The van der Waals surface area contributed by atoms with Gasteiger partial charge in [0.2, 0.25) is 0 Å². The van der Waals surface area contributed by atoms with Gasteiger partial charge in [-0.1, -0.05) is 62.2 Å². The minimum Gasteiger partial charge on any atom is -0.374 e. The highest BCUT2D eigenvalue weighted by molar-refractivity contribution is 9.24. The van der Waals surface area contributed by atoms with Gasteiger partial charge in [-0.3, -0.25) is 9.59 Å². The number of imide groups is 1. The van der Waals surface area contributed by atoms with Crippen LogP contribution >= 0.6 is 31.9 Å². The first kappa shape index (κ1) is 16.3. The highest BCUT2D eigenvalue weighted by Gasteiger charge is 2.54. The van der Waals surface area contributed by atoms with Crippen molar-refractivity contribution in [3.05, 3.63) is 65.5 Å². The van der Waals surface area contributed by atoms with E-state index in [4.69, 9.17) is 0 Å². The summed E-state index contributed by atoms with van der Waals surface area (Å²) in [5, 5.41) is 10.9. The van der Waals surface area contributed by atoms with Crippen molar-refractivity contribution in [2.24, 2.45) is 0 Å². The number of rotatable bonds is 2. The zero-order valence-corrected chi connectivity index (χ0v) is 14.7. The van der Waals surface area contributed by atoms with Gasteiger partial charge in [-0.2, -0.15) is 0 Å². The predicted molar refractivity (Wildman–Crippen MR) is 90.2 cm³/mol. The minimum absolute atomic E-state index is 0.141. The molecule has 7 heteroatoms. The van der Waals surface area contributed by atoms with E-state index in [1.54, 1.807) is 12.1 Å². The number of para-hydroxylation sites is 1. The van der Waals surface area contributed by atoms with Crippen molar-refractivity contribution in [3.63, 3.8) is 0 Å². The number of aliphatic hydroxyl groups is 1. The third kappa shape index (κ3) is 2.34. The van der Waals surface area contributed by atoms with Crippen LogP contribution in [0.3, 0.4) is 0 Å². The Balaban J connectivity index is 2.28. The highest BCUT2D eigenvalue weighted by atomic mass is 79.9. The maximum Gasteiger partial charge on any atom is 0.272 e. The molecule has 0 saturated carbocycles. The number of benzene rings is 2. The molecule has 0 saturated heterocycles. The summed E-state index contributed by atoms with van der Waals surface area (Å²) in [6.45, 7) is 0. The molecule has 3 rings (SSSR count). The molecule has 0 spiro atoms. The zero-order valence-electron chi connectivity index (χ0n) is 11.5. The topological polar surface area (TPSA) is 57.6 Å². The fraction of sp³-hybridized carbons (Fsp3) is 0.125. The van der Waals surface area contributed by atoms with Crippen LogP contribution in [-0.2, 0) is 10.4 Å². The molecule has 1 N–H and O–H groups in total. The van der Waals surface area contributed by atoms with E-state index in [-0.39, 0.29) is 16.8 Å². The number of hydrogen-bond donors (Lipinski definition) is 1. The Morgan fingerprint density at radius 3 is 2.30 bits per heavy atom. The molecular weight excluding hydrogens is 433 g/mol. The van der Waals surface area contributed by atoms with E-state index < -0.39 is 27.0 Å². The third-order valence-corrected chi connectivity index (χ3v) is 5.03. The van der Waals surface area contributed by atoms with Crippen molar-refractivity contribution >= 4 is 49.4 Å². The Morgan fingerprint density at radius 1 is 1.04 bits per heavy atom. The highest BCUT2D eigenvalue weighted by Crippen LogP contribution is 2.42. The Hall–Kier alpha value is -1.57. The number of anilines is 1. The molecule has 1 heterocycles. The standard InChI is InChI=1S/C16H10Br2FNO3/c17-14(18)16(23)10-6-2-1-5-9(10)13(21)20(15(16)22)12-8-4-3-7-11(12)19/h1-8,14,23H. The van der Waals surface area contributed by atoms with Crippen molar-refractivity contribution in [3.8, 4) is 0 Å². The smallest absolute Gasteiger partial charge is 0.272 e. The fourth-order valence-corrected chi connectivity index (χ4v) is 3.45. The second-order valence-electron chi connectivity index (χ2n) is 5.01. The molecule has 2 aromatic carbocycles. The van der Waals surface area contributed by atoms with Gasteiger partial charge in [-0.15, -0.1) is 0 Å². The number of carbonyl (C=O) groups is 2. The minimum atomic E-state index is -2.05. The van der Waals surface area contributed by atoms with Gasteiger partial charge in [0.25, 0.3) is 11.8 Å². The molecule has 0 fully saturated rings.